The van der Waals surface area contributed by atoms with Crippen LogP contribution in [-0.2, 0) is 4.79 Å². The molecule has 0 aromatic carbocycles. The third kappa shape index (κ3) is 11.2. The maximum atomic E-state index is 12.0. The first kappa shape index (κ1) is 20.5. The lowest BCUT2D eigenvalue weighted by molar-refractivity contribution is -0.173. The maximum absolute atomic E-state index is 12.0. The van der Waals surface area contributed by atoms with Gasteiger partial charge in [0.1, 0.15) is 0 Å². The highest BCUT2D eigenvalue weighted by Crippen LogP contribution is 2.14. The summed E-state index contributed by atoms with van der Waals surface area (Å²) in [4.78, 5) is 10.6. The zero-order valence-corrected chi connectivity index (χ0v) is 13.8. The van der Waals surface area contributed by atoms with Crippen molar-refractivity contribution in [2.45, 2.75) is 59.6 Å². The summed E-state index contributed by atoms with van der Waals surface area (Å²) in [6.07, 6.45) is 4.86. The smallest absolute Gasteiger partial charge is 0.345 e. The van der Waals surface area contributed by atoms with Gasteiger partial charge in [-0.2, -0.15) is 13.2 Å². The van der Waals surface area contributed by atoms with Gasteiger partial charge >= 0.3 is 12.1 Å². The first-order chi connectivity index (χ1) is 10.1. The van der Waals surface area contributed by atoms with Crippen LogP contribution in [0.15, 0.2) is 34.9 Å². The van der Waals surface area contributed by atoms with Crippen molar-refractivity contribution in [2.75, 3.05) is 6.54 Å². The van der Waals surface area contributed by atoms with Gasteiger partial charge in [0, 0.05) is 6.54 Å². The molecule has 0 aliphatic rings. The quantitative estimate of drug-likeness (QED) is 0.621. The summed E-state index contributed by atoms with van der Waals surface area (Å²) in [7, 11) is 0. The lowest BCUT2D eigenvalue weighted by atomic mass is 10.1. The molecule has 5 heteroatoms. The van der Waals surface area contributed by atoms with Crippen LogP contribution in [0.5, 0.6) is 0 Å². The summed E-state index contributed by atoms with van der Waals surface area (Å²) in [5.74, 6) is -1.90. The first-order valence-electron chi connectivity index (χ1n) is 7.42. The minimum atomic E-state index is -4.81. The van der Waals surface area contributed by atoms with Crippen molar-refractivity contribution in [2.24, 2.45) is 0 Å². The van der Waals surface area contributed by atoms with Gasteiger partial charge in [-0.05, 0) is 53.4 Å². The average molecular weight is 317 g/mol. The van der Waals surface area contributed by atoms with Gasteiger partial charge < -0.3 is 5.32 Å². The molecule has 0 atom stereocenters. The van der Waals surface area contributed by atoms with Gasteiger partial charge in [0.25, 0.3) is 0 Å². The molecule has 0 saturated heterocycles. The second kappa shape index (κ2) is 10.2. The van der Waals surface area contributed by atoms with Gasteiger partial charge in [0.05, 0.1) is 0 Å². The molecular formula is C17H26F3NO. The summed E-state index contributed by atoms with van der Waals surface area (Å²) in [6, 6.07) is 0. The van der Waals surface area contributed by atoms with E-state index in [-0.39, 0.29) is 6.54 Å². The van der Waals surface area contributed by atoms with Crippen LogP contribution < -0.4 is 5.32 Å². The molecule has 0 aliphatic heterocycles. The predicted molar refractivity (Wildman–Crippen MR) is 84.5 cm³/mol. The van der Waals surface area contributed by atoms with E-state index in [1.165, 1.54) is 11.1 Å². The number of halogens is 3. The Morgan fingerprint density at radius 1 is 0.909 bits per heavy atom. The van der Waals surface area contributed by atoms with Crippen LogP contribution >= 0.6 is 0 Å². The molecular weight excluding hydrogens is 291 g/mol. The maximum Gasteiger partial charge on any atom is 0.471 e. The van der Waals surface area contributed by atoms with Gasteiger partial charge in [-0.25, -0.2) is 0 Å². The second-order valence-electron chi connectivity index (χ2n) is 5.67. The van der Waals surface area contributed by atoms with Gasteiger partial charge in [0.2, 0.25) is 0 Å². The van der Waals surface area contributed by atoms with Crippen LogP contribution in [0.25, 0.3) is 0 Å². The zero-order chi connectivity index (χ0) is 17.2. The number of hydrogen-bond acceptors (Lipinski definition) is 1. The third-order valence-electron chi connectivity index (χ3n) is 3.09. The summed E-state index contributed by atoms with van der Waals surface area (Å²) in [5, 5.41) is 1.83. The number of amides is 1. The Kier molecular flexibility index (Phi) is 9.54. The Balaban J connectivity index is 4.02. The molecule has 0 radical (unpaired) electrons. The van der Waals surface area contributed by atoms with E-state index in [4.69, 9.17) is 0 Å². The molecule has 0 heterocycles. The number of carbonyl (C=O) groups excluding carboxylic acids is 1. The molecule has 126 valence electrons. The van der Waals surface area contributed by atoms with E-state index >= 15 is 0 Å². The number of allylic oxidation sites excluding steroid dienone is 5. The number of carbonyl (C=O) groups is 1. The highest BCUT2D eigenvalue weighted by molar-refractivity contribution is 5.81. The summed E-state index contributed by atoms with van der Waals surface area (Å²) in [6.45, 7) is 8.00. The van der Waals surface area contributed by atoms with Crippen molar-refractivity contribution >= 4 is 5.91 Å². The molecule has 0 aromatic rings. The first-order valence-corrected chi connectivity index (χ1v) is 7.42. The van der Waals surface area contributed by atoms with E-state index < -0.39 is 12.1 Å². The standard InChI is InChI=1S/C17H26F3NO/c1-13(2)7-5-8-14(3)9-6-10-15(4)11-12-21-16(22)17(18,19)20/h7,9,11H,5-6,8,10,12H2,1-4H3,(H,21,22)/b14-9+,15-11+. The molecule has 1 amide bonds. The predicted octanol–water partition coefficient (Wildman–Crippen LogP) is 5.08. The summed E-state index contributed by atoms with van der Waals surface area (Å²) < 4.78 is 35.9. The second-order valence-corrected chi connectivity index (χ2v) is 5.67. The molecule has 22 heavy (non-hydrogen) atoms. The molecule has 1 N–H and O–H groups in total. The molecule has 0 rings (SSSR count). The number of nitrogens with one attached hydrogen (secondary N) is 1. The van der Waals surface area contributed by atoms with Gasteiger partial charge in [-0.1, -0.05) is 34.9 Å². The lowest BCUT2D eigenvalue weighted by Crippen LogP contribution is -2.36. The molecule has 0 fully saturated rings. The van der Waals surface area contributed by atoms with Crippen LogP contribution in [0.2, 0.25) is 0 Å². The number of rotatable bonds is 8. The Morgan fingerprint density at radius 2 is 1.41 bits per heavy atom. The van der Waals surface area contributed by atoms with E-state index in [9.17, 15) is 18.0 Å². The summed E-state index contributed by atoms with van der Waals surface area (Å²) >= 11 is 0. The summed E-state index contributed by atoms with van der Waals surface area (Å²) in [5.41, 5.74) is 3.60. The molecule has 0 aromatic heterocycles. The fraction of sp³-hybridized carbons (Fsp3) is 0.588. The average Bonchev–Trinajstić information content (AvgIpc) is 2.37. The SMILES string of the molecule is CC(C)=CCC/C(C)=C/CC/C(C)=C/CNC(=O)C(F)(F)F. The van der Waals surface area contributed by atoms with Gasteiger partial charge in [0.15, 0.2) is 0 Å². The van der Waals surface area contributed by atoms with Crippen molar-refractivity contribution in [1.82, 2.24) is 5.32 Å². The fourth-order valence-corrected chi connectivity index (χ4v) is 1.76. The highest BCUT2D eigenvalue weighted by Gasteiger charge is 2.37. The molecule has 0 saturated carbocycles. The van der Waals surface area contributed by atoms with Gasteiger partial charge in [-0.15, -0.1) is 0 Å². The van der Waals surface area contributed by atoms with E-state index in [2.05, 4.69) is 32.9 Å². The van der Waals surface area contributed by atoms with Crippen LogP contribution in [0.4, 0.5) is 13.2 Å². The Hall–Kier alpha value is -1.52. The minimum absolute atomic E-state index is 0.0898. The van der Waals surface area contributed by atoms with Crippen molar-refractivity contribution < 1.29 is 18.0 Å². The molecule has 0 aliphatic carbocycles. The normalized spacial score (nSPS) is 13.0. The monoisotopic (exact) mass is 317 g/mol. The van der Waals surface area contributed by atoms with Crippen LogP contribution in [0.1, 0.15) is 53.4 Å². The Bertz CT molecular complexity index is 441. The van der Waals surface area contributed by atoms with Crippen molar-refractivity contribution in [3.8, 4) is 0 Å². The highest BCUT2D eigenvalue weighted by atomic mass is 19.4. The number of alkyl halides is 3. The Labute approximate surface area is 131 Å². The lowest BCUT2D eigenvalue weighted by Gasteiger charge is -2.06. The molecule has 0 unspecified atom stereocenters. The largest absolute Gasteiger partial charge is 0.471 e. The van der Waals surface area contributed by atoms with Crippen LogP contribution in [0, 0.1) is 0 Å². The van der Waals surface area contributed by atoms with Crippen LogP contribution in [-0.4, -0.2) is 18.6 Å². The topological polar surface area (TPSA) is 29.1 Å². The number of hydrogen-bond donors (Lipinski definition) is 1. The Morgan fingerprint density at radius 3 is 1.91 bits per heavy atom. The van der Waals surface area contributed by atoms with E-state index in [1.54, 1.807) is 6.08 Å². The van der Waals surface area contributed by atoms with Crippen molar-refractivity contribution in [1.29, 1.82) is 0 Å². The van der Waals surface area contributed by atoms with E-state index in [1.807, 2.05) is 12.2 Å². The molecule has 0 spiro atoms. The third-order valence-corrected chi connectivity index (χ3v) is 3.09. The van der Waals surface area contributed by atoms with Crippen LogP contribution in [0.3, 0.4) is 0 Å². The van der Waals surface area contributed by atoms with E-state index in [0.29, 0.717) is 0 Å². The molecule has 2 nitrogen and oxygen atoms in total. The fourth-order valence-electron chi connectivity index (χ4n) is 1.76. The minimum Gasteiger partial charge on any atom is -0.345 e. The van der Waals surface area contributed by atoms with E-state index in [0.717, 1.165) is 31.3 Å². The molecule has 0 bridgehead atoms. The van der Waals surface area contributed by atoms with Crippen molar-refractivity contribution in [3.63, 3.8) is 0 Å². The van der Waals surface area contributed by atoms with Gasteiger partial charge in [-0.3, -0.25) is 4.79 Å². The zero-order valence-electron chi connectivity index (χ0n) is 13.8. The van der Waals surface area contributed by atoms with Crippen molar-refractivity contribution in [3.05, 3.63) is 34.9 Å².